The van der Waals surface area contributed by atoms with Gasteiger partial charge in [-0.2, -0.15) is 0 Å². The molecule has 0 atom stereocenters. The smallest absolute Gasteiger partial charge is 0.257 e. The summed E-state index contributed by atoms with van der Waals surface area (Å²) in [7, 11) is 0. The normalized spacial score (nSPS) is 10.2. The van der Waals surface area contributed by atoms with Crippen LogP contribution in [-0.4, -0.2) is 10.9 Å². The lowest BCUT2D eigenvalue weighted by Crippen LogP contribution is -2.14. The van der Waals surface area contributed by atoms with Gasteiger partial charge in [0.05, 0.1) is 5.56 Å². The van der Waals surface area contributed by atoms with E-state index < -0.39 is 0 Å². The number of hydrogen-bond donors (Lipinski definition) is 2. The Bertz CT molecular complexity index is 943. The van der Waals surface area contributed by atoms with Gasteiger partial charge in [-0.3, -0.25) is 9.78 Å². The van der Waals surface area contributed by atoms with Crippen molar-refractivity contribution in [3.8, 4) is 11.1 Å². The van der Waals surface area contributed by atoms with Crippen molar-refractivity contribution in [2.24, 2.45) is 0 Å². The maximum atomic E-state index is 12.7. The average Bonchev–Trinajstić information content (AvgIpc) is 2.65. The van der Waals surface area contributed by atoms with Crippen LogP contribution < -0.4 is 10.6 Å². The Morgan fingerprint density at radius 2 is 1.73 bits per heavy atom. The Morgan fingerprint density at radius 1 is 1.00 bits per heavy atom. The van der Waals surface area contributed by atoms with Crippen LogP contribution in [0, 0.1) is 13.8 Å². The Morgan fingerprint density at radius 3 is 2.46 bits per heavy atom. The van der Waals surface area contributed by atoms with E-state index >= 15 is 0 Å². The van der Waals surface area contributed by atoms with E-state index in [2.05, 4.69) is 22.2 Å². The van der Waals surface area contributed by atoms with E-state index in [1.807, 2.05) is 62.4 Å². The van der Waals surface area contributed by atoms with Gasteiger partial charge >= 0.3 is 0 Å². The zero-order valence-corrected chi connectivity index (χ0v) is 14.9. The summed E-state index contributed by atoms with van der Waals surface area (Å²) in [5.41, 5.74) is 6.23. The third kappa shape index (κ3) is 3.81. The standard InChI is InChI=1S/C22H21N3O/c1-4-24-20-10-6-9-17(12-20)18-11-19(14-23-13-18)22(26)25-21-15(2)7-5-8-16(21)3/h4-14,24H,1H2,2-3H3,(H,25,26). The number of anilines is 2. The molecule has 0 saturated heterocycles. The summed E-state index contributed by atoms with van der Waals surface area (Å²) in [4.78, 5) is 16.9. The Labute approximate surface area is 153 Å². The predicted molar refractivity (Wildman–Crippen MR) is 107 cm³/mol. The third-order valence-corrected chi connectivity index (χ3v) is 4.18. The molecule has 0 spiro atoms. The number of hydrogen-bond acceptors (Lipinski definition) is 3. The number of nitrogens with one attached hydrogen (secondary N) is 2. The second kappa shape index (κ2) is 7.66. The zero-order valence-electron chi connectivity index (χ0n) is 14.9. The monoisotopic (exact) mass is 343 g/mol. The molecule has 2 aromatic carbocycles. The summed E-state index contributed by atoms with van der Waals surface area (Å²) in [5.74, 6) is -0.169. The van der Waals surface area contributed by atoms with Crippen LogP contribution in [-0.2, 0) is 0 Å². The first-order valence-corrected chi connectivity index (χ1v) is 8.39. The van der Waals surface area contributed by atoms with Crippen molar-refractivity contribution in [2.75, 3.05) is 10.6 Å². The molecule has 0 radical (unpaired) electrons. The highest BCUT2D eigenvalue weighted by Crippen LogP contribution is 2.24. The highest BCUT2D eigenvalue weighted by atomic mass is 16.1. The van der Waals surface area contributed by atoms with E-state index in [9.17, 15) is 4.79 Å². The summed E-state index contributed by atoms with van der Waals surface area (Å²) < 4.78 is 0. The van der Waals surface area contributed by atoms with Crippen molar-refractivity contribution in [2.45, 2.75) is 13.8 Å². The molecule has 0 unspecified atom stereocenters. The number of nitrogens with zero attached hydrogens (tertiary/aromatic N) is 1. The highest BCUT2D eigenvalue weighted by Gasteiger charge is 2.11. The van der Waals surface area contributed by atoms with Crippen LogP contribution >= 0.6 is 0 Å². The van der Waals surface area contributed by atoms with Crippen LogP contribution in [0.3, 0.4) is 0 Å². The summed E-state index contributed by atoms with van der Waals surface area (Å²) in [6, 6.07) is 15.7. The van der Waals surface area contributed by atoms with Crippen molar-refractivity contribution in [3.05, 3.63) is 90.4 Å². The molecule has 1 aromatic heterocycles. The molecule has 0 aliphatic carbocycles. The summed E-state index contributed by atoms with van der Waals surface area (Å²) in [5, 5.41) is 6.06. The first kappa shape index (κ1) is 17.4. The fourth-order valence-electron chi connectivity index (χ4n) is 2.83. The van der Waals surface area contributed by atoms with Crippen LogP contribution in [0.15, 0.2) is 73.7 Å². The molecular formula is C22H21N3O. The molecule has 4 nitrogen and oxygen atoms in total. The largest absolute Gasteiger partial charge is 0.362 e. The van der Waals surface area contributed by atoms with Crippen LogP contribution in [0.25, 0.3) is 11.1 Å². The Balaban J connectivity index is 1.88. The van der Waals surface area contributed by atoms with Crippen LogP contribution in [0.4, 0.5) is 11.4 Å². The van der Waals surface area contributed by atoms with Crippen LogP contribution in [0.1, 0.15) is 21.5 Å². The lowest BCUT2D eigenvalue weighted by molar-refractivity contribution is 0.102. The van der Waals surface area contributed by atoms with E-state index in [1.165, 1.54) is 0 Å². The van der Waals surface area contributed by atoms with E-state index in [0.29, 0.717) is 5.56 Å². The molecule has 26 heavy (non-hydrogen) atoms. The molecule has 1 heterocycles. The van der Waals surface area contributed by atoms with Crippen molar-refractivity contribution in [1.29, 1.82) is 0 Å². The lowest BCUT2D eigenvalue weighted by atomic mass is 10.0. The minimum absolute atomic E-state index is 0.169. The van der Waals surface area contributed by atoms with E-state index in [-0.39, 0.29) is 5.91 Å². The number of benzene rings is 2. The fraction of sp³-hybridized carbons (Fsp3) is 0.0909. The second-order valence-corrected chi connectivity index (χ2v) is 6.11. The van der Waals surface area contributed by atoms with Gasteiger partial charge in [0.25, 0.3) is 5.91 Å². The van der Waals surface area contributed by atoms with Gasteiger partial charge in [-0.1, -0.05) is 36.9 Å². The lowest BCUT2D eigenvalue weighted by Gasteiger charge is -2.12. The molecular weight excluding hydrogens is 322 g/mol. The van der Waals surface area contributed by atoms with Crippen molar-refractivity contribution in [3.63, 3.8) is 0 Å². The van der Waals surface area contributed by atoms with Gasteiger partial charge in [-0.15, -0.1) is 0 Å². The number of para-hydroxylation sites is 1. The molecule has 2 N–H and O–H groups in total. The maximum absolute atomic E-state index is 12.7. The molecule has 0 aliphatic rings. The van der Waals surface area contributed by atoms with Gasteiger partial charge in [0.15, 0.2) is 0 Å². The molecule has 0 bridgehead atoms. The number of aromatic nitrogens is 1. The first-order chi connectivity index (χ1) is 12.6. The fourth-order valence-corrected chi connectivity index (χ4v) is 2.83. The summed E-state index contributed by atoms with van der Waals surface area (Å²) in [6.45, 7) is 7.64. The number of rotatable bonds is 5. The van der Waals surface area contributed by atoms with Gasteiger partial charge in [-0.25, -0.2) is 0 Å². The second-order valence-electron chi connectivity index (χ2n) is 6.11. The van der Waals surface area contributed by atoms with E-state index in [1.54, 1.807) is 18.6 Å². The predicted octanol–water partition coefficient (Wildman–Crippen LogP) is 5.17. The van der Waals surface area contributed by atoms with Gasteiger partial charge in [0.1, 0.15) is 0 Å². The molecule has 0 aliphatic heterocycles. The minimum Gasteiger partial charge on any atom is -0.362 e. The third-order valence-electron chi connectivity index (χ3n) is 4.18. The number of pyridine rings is 1. The Kier molecular flexibility index (Phi) is 5.13. The minimum atomic E-state index is -0.169. The zero-order chi connectivity index (χ0) is 18.5. The van der Waals surface area contributed by atoms with Crippen molar-refractivity contribution < 1.29 is 4.79 Å². The molecule has 3 rings (SSSR count). The van der Waals surface area contributed by atoms with Gasteiger partial charge in [0.2, 0.25) is 0 Å². The number of carbonyl (C=O) groups excluding carboxylic acids is 1. The summed E-state index contributed by atoms with van der Waals surface area (Å²) in [6.07, 6.45) is 4.97. The quantitative estimate of drug-likeness (QED) is 0.672. The topological polar surface area (TPSA) is 54.0 Å². The van der Waals surface area contributed by atoms with Gasteiger partial charge in [-0.05, 0) is 54.9 Å². The molecule has 4 heteroatoms. The average molecular weight is 343 g/mol. The molecule has 130 valence electrons. The molecule has 0 saturated carbocycles. The van der Waals surface area contributed by atoms with Gasteiger partial charge < -0.3 is 10.6 Å². The van der Waals surface area contributed by atoms with Crippen molar-refractivity contribution in [1.82, 2.24) is 4.98 Å². The number of amides is 1. The van der Waals surface area contributed by atoms with E-state index in [0.717, 1.165) is 33.6 Å². The molecule has 3 aromatic rings. The Hall–Kier alpha value is -3.40. The van der Waals surface area contributed by atoms with Crippen molar-refractivity contribution >= 4 is 17.3 Å². The number of aryl methyl sites for hydroxylation is 2. The van der Waals surface area contributed by atoms with Gasteiger partial charge in [0, 0.05) is 29.3 Å². The summed E-state index contributed by atoms with van der Waals surface area (Å²) >= 11 is 0. The SMILES string of the molecule is C=CNc1cccc(-c2cncc(C(=O)Nc3c(C)cccc3C)c2)c1. The number of carbonyl (C=O) groups is 1. The van der Waals surface area contributed by atoms with Crippen LogP contribution in [0.5, 0.6) is 0 Å². The first-order valence-electron chi connectivity index (χ1n) is 8.39. The highest BCUT2D eigenvalue weighted by molar-refractivity contribution is 6.05. The van der Waals surface area contributed by atoms with E-state index in [4.69, 9.17) is 0 Å². The van der Waals surface area contributed by atoms with Crippen LogP contribution in [0.2, 0.25) is 0 Å². The molecule has 1 amide bonds. The molecule has 0 fully saturated rings. The maximum Gasteiger partial charge on any atom is 0.257 e.